The van der Waals surface area contributed by atoms with Gasteiger partial charge in [0.25, 0.3) is 0 Å². The number of hydrogen-bond donors (Lipinski definition) is 0. The van der Waals surface area contributed by atoms with Crippen molar-refractivity contribution in [2.45, 2.75) is 5.41 Å². The van der Waals surface area contributed by atoms with Gasteiger partial charge >= 0.3 is 0 Å². The summed E-state index contributed by atoms with van der Waals surface area (Å²) in [6.45, 7) is 0. The molecule has 318 valence electrons. The van der Waals surface area contributed by atoms with Crippen molar-refractivity contribution in [3.05, 3.63) is 271 Å². The maximum atomic E-state index is 6.19. The van der Waals surface area contributed by atoms with E-state index in [1.807, 2.05) is 24.3 Å². The van der Waals surface area contributed by atoms with Crippen molar-refractivity contribution in [3.63, 3.8) is 0 Å². The maximum absolute atomic E-state index is 6.19. The van der Waals surface area contributed by atoms with Crippen molar-refractivity contribution >= 4 is 71.7 Å². The number of benzene rings is 11. The zero-order valence-electron chi connectivity index (χ0n) is 36.9. The van der Waals surface area contributed by atoms with Crippen LogP contribution in [0.5, 0.6) is 0 Å². The number of furan rings is 2. The van der Waals surface area contributed by atoms with Gasteiger partial charge in [-0.15, -0.1) is 0 Å². The normalized spacial score (nSPS) is 12.8. The molecule has 3 nitrogen and oxygen atoms in total. The molecule has 0 aliphatic heterocycles. The molecule has 0 N–H and O–H groups in total. The van der Waals surface area contributed by atoms with Gasteiger partial charge in [0.2, 0.25) is 0 Å². The molecular weight excluding hydrogens is 827 g/mol. The van der Waals surface area contributed by atoms with Gasteiger partial charge in [0.1, 0.15) is 22.3 Å². The van der Waals surface area contributed by atoms with Crippen LogP contribution in [0.4, 0.5) is 17.1 Å². The van der Waals surface area contributed by atoms with Crippen LogP contribution < -0.4 is 4.90 Å². The zero-order valence-corrected chi connectivity index (χ0v) is 36.9. The minimum atomic E-state index is -0.526. The first kappa shape index (κ1) is 38.4. The maximum Gasteiger partial charge on any atom is 0.135 e. The Morgan fingerprint density at radius 2 is 0.750 bits per heavy atom. The van der Waals surface area contributed by atoms with E-state index in [-0.39, 0.29) is 0 Å². The third-order valence-electron chi connectivity index (χ3n) is 14.3. The Hall–Kier alpha value is -8.92. The molecule has 0 unspecified atom stereocenters. The molecular formula is C65H41NO2. The molecule has 0 spiro atoms. The molecule has 0 saturated heterocycles. The largest absolute Gasteiger partial charge is 0.456 e. The molecule has 0 bridgehead atoms. The lowest BCUT2D eigenvalue weighted by atomic mass is 9.67. The fraction of sp³-hybridized carbons (Fsp3) is 0.0154. The summed E-state index contributed by atoms with van der Waals surface area (Å²) in [4.78, 5) is 2.41. The van der Waals surface area contributed by atoms with Crippen LogP contribution in [0.2, 0.25) is 0 Å². The van der Waals surface area contributed by atoms with Gasteiger partial charge in [0, 0.05) is 38.6 Å². The fourth-order valence-electron chi connectivity index (χ4n) is 11.2. The Bertz CT molecular complexity index is 4060. The Kier molecular flexibility index (Phi) is 8.50. The molecule has 0 atom stereocenters. The molecule has 0 saturated carbocycles. The standard InChI is InChI=1S/C65H41NO2/c1-2-13-48(14-3-1)65(59-21-8-4-17-53(59)54-18-5-9-22-60(54)65)49-15-12-16-51(41-49)66(50-32-27-42(28-33-50)46-30-35-63-57(39-46)55-19-6-10-23-61(55)67-63)52-34-29-44-37-43(25-26-45(44)38-52)47-31-36-64-58(40-47)56-20-7-11-24-62(56)68-64/h1-41H. The minimum Gasteiger partial charge on any atom is -0.456 e. The Labute approximate surface area is 393 Å². The number of rotatable bonds is 7. The number of fused-ring (bicyclic) bond motifs is 10. The van der Waals surface area contributed by atoms with Crippen molar-refractivity contribution in [2.75, 3.05) is 4.90 Å². The topological polar surface area (TPSA) is 29.5 Å². The third kappa shape index (κ3) is 5.86. The highest BCUT2D eigenvalue weighted by Gasteiger charge is 2.46. The van der Waals surface area contributed by atoms with Gasteiger partial charge in [0.05, 0.1) is 5.41 Å². The molecule has 11 aromatic carbocycles. The van der Waals surface area contributed by atoms with Crippen LogP contribution in [0.1, 0.15) is 22.3 Å². The lowest BCUT2D eigenvalue weighted by Gasteiger charge is -2.35. The van der Waals surface area contributed by atoms with Crippen LogP contribution >= 0.6 is 0 Å². The molecule has 13 aromatic rings. The van der Waals surface area contributed by atoms with E-state index in [4.69, 9.17) is 8.83 Å². The first-order chi connectivity index (χ1) is 33.7. The summed E-state index contributed by atoms with van der Waals surface area (Å²) < 4.78 is 12.4. The second-order valence-electron chi connectivity index (χ2n) is 18.0. The summed E-state index contributed by atoms with van der Waals surface area (Å²) in [7, 11) is 0. The van der Waals surface area contributed by atoms with Crippen LogP contribution in [0.15, 0.2) is 258 Å². The molecule has 2 heterocycles. The lowest BCUT2D eigenvalue weighted by Crippen LogP contribution is -2.28. The van der Waals surface area contributed by atoms with E-state index < -0.39 is 5.41 Å². The fourth-order valence-corrected chi connectivity index (χ4v) is 11.2. The Morgan fingerprint density at radius 1 is 0.279 bits per heavy atom. The number of hydrogen-bond acceptors (Lipinski definition) is 3. The van der Waals surface area contributed by atoms with Crippen LogP contribution in [0.25, 0.3) is 88.0 Å². The predicted octanol–water partition coefficient (Wildman–Crippen LogP) is 17.8. The molecule has 0 amide bonds. The predicted molar refractivity (Wildman–Crippen MR) is 281 cm³/mol. The zero-order chi connectivity index (χ0) is 44.8. The molecule has 1 aliphatic carbocycles. The van der Waals surface area contributed by atoms with Gasteiger partial charge in [-0.2, -0.15) is 0 Å². The quantitative estimate of drug-likeness (QED) is 0.160. The number of anilines is 3. The molecule has 2 aromatic heterocycles. The van der Waals surface area contributed by atoms with Crippen molar-refractivity contribution in [3.8, 4) is 33.4 Å². The molecule has 0 radical (unpaired) electrons. The highest BCUT2D eigenvalue weighted by molar-refractivity contribution is 6.07. The van der Waals surface area contributed by atoms with Gasteiger partial charge < -0.3 is 13.7 Å². The van der Waals surface area contributed by atoms with E-state index in [9.17, 15) is 0 Å². The molecule has 3 heteroatoms. The van der Waals surface area contributed by atoms with Crippen LogP contribution in [-0.2, 0) is 5.41 Å². The average Bonchev–Trinajstić information content (AvgIpc) is 4.07. The molecule has 0 fully saturated rings. The first-order valence-electron chi connectivity index (χ1n) is 23.3. The van der Waals surface area contributed by atoms with Gasteiger partial charge in [0.15, 0.2) is 0 Å². The van der Waals surface area contributed by atoms with E-state index in [2.05, 4.69) is 229 Å². The summed E-state index contributed by atoms with van der Waals surface area (Å²) in [5.74, 6) is 0. The minimum absolute atomic E-state index is 0.526. The van der Waals surface area contributed by atoms with Crippen LogP contribution in [-0.4, -0.2) is 0 Å². The number of nitrogens with zero attached hydrogens (tertiary/aromatic N) is 1. The second kappa shape index (κ2) is 15.1. The number of para-hydroxylation sites is 2. The van der Waals surface area contributed by atoms with Crippen molar-refractivity contribution in [1.29, 1.82) is 0 Å². The van der Waals surface area contributed by atoms with E-state index in [1.165, 1.54) is 49.7 Å². The van der Waals surface area contributed by atoms with Crippen LogP contribution in [0, 0.1) is 0 Å². The van der Waals surface area contributed by atoms with E-state index in [1.54, 1.807) is 0 Å². The molecule has 14 rings (SSSR count). The monoisotopic (exact) mass is 867 g/mol. The van der Waals surface area contributed by atoms with Gasteiger partial charge in [-0.05, 0) is 145 Å². The SMILES string of the molecule is c1ccc(C2(c3cccc(N(c4ccc(-c5ccc6oc7ccccc7c6c5)cc4)c4ccc5cc(-c6ccc7oc8ccccc8c7c6)ccc5c4)c3)c3ccccc3-c3ccccc32)cc1. The van der Waals surface area contributed by atoms with Crippen molar-refractivity contribution in [1.82, 2.24) is 0 Å². The first-order valence-corrected chi connectivity index (χ1v) is 23.3. The van der Waals surface area contributed by atoms with E-state index >= 15 is 0 Å². The Balaban J connectivity index is 0.919. The highest BCUT2D eigenvalue weighted by atomic mass is 16.3. The van der Waals surface area contributed by atoms with Gasteiger partial charge in [-0.25, -0.2) is 0 Å². The third-order valence-corrected chi connectivity index (χ3v) is 14.3. The average molecular weight is 868 g/mol. The van der Waals surface area contributed by atoms with Crippen molar-refractivity contribution in [2.24, 2.45) is 0 Å². The summed E-state index contributed by atoms with van der Waals surface area (Å²) in [5.41, 5.74) is 18.5. The summed E-state index contributed by atoms with van der Waals surface area (Å²) in [6, 6.07) is 90.4. The molecule has 1 aliphatic rings. The second-order valence-corrected chi connectivity index (χ2v) is 18.0. The van der Waals surface area contributed by atoms with Crippen LogP contribution in [0.3, 0.4) is 0 Å². The van der Waals surface area contributed by atoms with E-state index in [0.717, 1.165) is 77.6 Å². The summed E-state index contributed by atoms with van der Waals surface area (Å²) in [6.07, 6.45) is 0. The van der Waals surface area contributed by atoms with Crippen molar-refractivity contribution < 1.29 is 8.83 Å². The smallest absolute Gasteiger partial charge is 0.135 e. The van der Waals surface area contributed by atoms with Gasteiger partial charge in [-0.3, -0.25) is 0 Å². The summed E-state index contributed by atoms with van der Waals surface area (Å²) in [5, 5.41) is 6.86. The highest BCUT2D eigenvalue weighted by Crippen LogP contribution is 2.56. The van der Waals surface area contributed by atoms with Gasteiger partial charge in [-0.1, -0.05) is 170 Å². The van der Waals surface area contributed by atoms with E-state index in [0.29, 0.717) is 0 Å². The summed E-state index contributed by atoms with van der Waals surface area (Å²) >= 11 is 0. The molecule has 68 heavy (non-hydrogen) atoms. The Morgan fingerprint density at radius 3 is 1.43 bits per heavy atom. The lowest BCUT2D eigenvalue weighted by molar-refractivity contribution is 0.668.